The molecule has 0 amide bonds. The molecule has 0 bridgehead atoms. The molecule has 0 aromatic rings. The standard InChI is InChI=1S/C9H15NO4/c1-13-9(12)4-6-2-3-7(10)8(5-11)14-6/h2-3,6-8,11H,4-5,10H2,1H3/t6-,7+,8+/m1/s1. The van der Waals surface area contributed by atoms with Gasteiger partial charge in [-0.2, -0.15) is 0 Å². The van der Waals surface area contributed by atoms with Crippen LogP contribution in [-0.4, -0.2) is 43.0 Å². The Morgan fingerprint density at radius 2 is 2.36 bits per heavy atom. The molecule has 14 heavy (non-hydrogen) atoms. The fourth-order valence-electron chi connectivity index (χ4n) is 1.27. The second-order valence-corrected chi connectivity index (χ2v) is 3.14. The summed E-state index contributed by atoms with van der Waals surface area (Å²) in [6, 6.07) is -0.311. The fraction of sp³-hybridized carbons (Fsp3) is 0.667. The van der Waals surface area contributed by atoms with Crippen LogP contribution in [0.25, 0.3) is 0 Å². The highest BCUT2D eigenvalue weighted by atomic mass is 16.5. The molecule has 3 atom stereocenters. The zero-order valence-corrected chi connectivity index (χ0v) is 8.05. The van der Waals surface area contributed by atoms with Gasteiger partial charge in [-0.05, 0) is 0 Å². The molecule has 1 aliphatic rings. The number of hydrogen-bond acceptors (Lipinski definition) is 5. The third-order valence-corrected chi connectivity index (χ3v) is 2.10. The minimum Gasteiger partial charge on any atom is -0.469 e. The van der Waals surface area contributed by atoms with E-state index in [9.17, 15) is 4.79 Å². The van der Waals surface area contributed by atoms with E-state index < -0.39 is 6.10 Å². The fourth-order valence-corrected chi connectivity index (χ4v) is 1.27. The van der Waals surface area contributed by atoms with Crippen LogP contribution in [0.15, 0.2) is 12.2 Å². The summed E-state index contributed by atoms with van der Waals surface area (Å²) in [5.74, 6) is -0.341. The molecular weight excluding hydrogens is 186 g/mol. The van der Waals surface area contributed by atoms with Crippen molar-refractivity contribution in [2.24, 2.45) is 5.73 Å². The summed E-state index contributed by atoms with van der Waals surface area (Å²) in [5, 5.41) is 8.92. The maximum atomic E-state index is 10.9. The van der Waals surface area contributed by atoms with Crippen LogP contribution >= 0.6 is 0 Å². The molecule has 0 radical (unpaired) electrons. The number of nitrogens with two attached hydrogens (primary N) is 1. The zero-order chi connectivity index (χ0) is 10.6. The number of aliphatic hydroxyl groups excluding tert-OH is 1. The van der Waals surface area contributed by atoms with Crippen molar-refractivity contribution in [3.05, 3.63) is 12.2 Å². The highest BCUT2D eigenvalue weighted by Gasteiger charge is 2.25. The van der Waals surface area contributed by atoms with Crippen molar-refractivity contribution in [1.29, 1.82) is 0 Å². The lowest BCUT2D eigenvalue weighted by molar-refractivity contribution is -0.144. The van der Waals surface area contributed by atoms with Gasteiger partial charge in [0.1, 0.15) is 0 Å². The van der Waals surface area contributed by atoms with Crippen LogP contribution in [0.4, 0.5) is 0 Å². The summed E-state index contributed by atoms with van der Waals surface area (Å²) in [4.78, 5) is 10.9. The highest BCUT2D eigenvalue weighted by molar-refractivity contribution is 5.70. The molecule has 0 aliphatic carbocycles. The predicted octanol–water partition coefficient (Wildman–Crippen LogP) is -0.807. The van der Waals surface area contributed by atoms with E-state index in [1.807, 2.05) is 0 Å². The Kier molecular flexibility index (Phi) is 4.06. The second-order valence-electron chi connectivity index (χ2n) is 3.14. The Balaban J connectivity index is 2.49. The van der Waals surface area contributed by atoms with Crippen molar-refractivity contribution in [2.75, 3.05) is 13.7 Å². The molecule has 1 aliphatic heterocycles. The minimum atomic E-state index is -0.436. The Labute approximate surface area is 82.5 Å². The second kappa shape index (κ2) is 5.09. The van der Waals surface area contributed by atoms with Crippen LogP contribution in [0, 0.1) is 0 Å². The van der Waals surface area contributed by atoms with Crippen molar-refractivity contribution >= 4 is 5.97 Å². The summed E-state index contributed by atoms with van der Waals surface area (Å²) in [7, 11) is 1.32. The van der Waals surface area contributed by atoms with Crippen LogP contribution < -0.4 is 5.73 Å². The van der Waals surface area contributed by atoms with Gasteiger partial charge in [0, 0.05) is 0 Å². The summed E-state index contributed by atoms with van der Waals surface area (Å²) in [6.45, 7) is -0.150. The van der Waals surface area contributed by atoms with Gasteiger partial charge in [0.25, 0.3) is 0 Å². The van der Waals surface area contributed by atoms with Crippen molar-refractivity contribution in [1.82, 2.24) is 0 Å². The van der Waals surface area contributed by atoms with Gasteiger partial charge in [-0.3, -0.25) is 4.79 Å². The quantitative estimate of drug-likeness (QED) is 0.461. The summed E-state index contributed by atoms with van der Waals surface area (Å²) in [6.07, 6.45) is 2.82. The molecule has 0 saturated heterocycles. The van der Waals surface area contributed by atoms with Crippen molar-refractivity contribution in [3.8, 4) is 0 Å². The number of rotatable bonds is 3. The molecule has 3 N–H and O–H groups in total. The van der Waals surface area contributed by atoms with E-state index in [1.54, 1.807) is 12.2 Å². The first-order valence-corrected chi connectivity index (χ1v) is 4.44. The highest BCUT2D eigenvalue weighted by Crippen LogP contribution is 2.14. The lowest BCUT2D eigenvalue weighted by Gasteiger charge is -2.28. The predicted molar refractivity (Wildman–Crippen MR) is 49.5 cm³/mol. The molecule has 5 heteroatoms. The summed E-state index contributed by atoms with van der Waals surface area (Å²) in [5.41, 5.74) is 5.63. The van der Waals surface area contributed by atoms with Gasteiger partial charge in [0.05, 0.1) is 38.4 Å². The number of esters is 1. The van der Waals surface area contributed by atoms with Crippen molar-refractivity contribution < 1.29 is 19.4 Å². The number of hydrogen-bond donors (Lipinski definition) is 2. The third kappa shape index (κ3) is 2.80. The molecule has 1 heterocycles. The van der Waals surface area contributed by atoms with Crippen molar-refractivity contribution in [3.63, 3.8) is 0 Å². The number of ether oxygens (including phenoxy) is 2. The summed E-state index contributed by atoms with van der Waals surface area (Å²) >= 11 is 0. The Hall–Kier alpha value is -0.910. The van der Waals surface area contributed by atoms with Gasteiger partial charge < -0.3 is 20.3 Å². The van der Waals surface area contributed by atoms with E-state index in [1.165, 1.54) is 7.11 Å². The van der Waals surface area contributed by atoms with E-state index in [4.69, 9.17) is 15.6 Å². The maximum Gasteiger partial charge on any atom is 0.308 e. The SMILES string of the molecule is COC(=O)C[C@H]1C=C[C@H](N)[C@H](CO)O1. The Morgan fingerprint density at radius 1 is 1.64 bits per heavy atom. The molecular formula is C9H15NO4. The molecule has 0 fully saturated rings. The van der Waals surface area contributed by atoms with E-state index in [-0.39, 0.29) is 31.1 Å². The Bertz CT molecular complexity index is 229. The molecule has 0 spiro atoms. The van der Waals surface area contributed by atoms with Gasteiger partial charge >= 0.3 is 5.97 Å². The molecule has 1 rings (SSSR count). The van der Waals surface area contributed by atoms with Gasteiger partial charge in [0.2, 0.25) is 0 Å². The van der Waals surface area contributed by atoms with Gasteiger partial charge in [0.15, 0.2) is 0 Å². The zero-order valence-electron chi connectivity index (χ0n) is 8.05. The number of aliphatic hydroxyl groups is 1. The lowest BCUT2D eigenvalue weighted by atomic mass is 10.1. The smallest absolute Gasteiger partial charge is 0.308 e. The van der Waals surface area contributed by atoms with Gasteiger partial charge in [-0.15, -0.1) is 0 Å². The molecule has 0 unspecified atom stereocenters. The molecule has 0 saturated carbocycles. The minimum absolute atomic E-state index is 0.149. The first kappa shape index (κ1) is 11.2. The largest absolute Gasteiger partial charge is 0.469 e. The first-order chi connectivity index (χ1) is 6.67. The molecule has 0 aromatic heterocycles. The molecule has 5 nitrogen and oxygen atoms in total. The van der Waals surface area contributed by atoms with Crippen LogP contribution in [-0.2, 0) is 14.3 Å². The van der Waals surface area contributed by atoms with Crippen LogP contribution in [0.2, 0.25) is 0 Å². The monoisotopic (exact) mass is 201 g/mol. The average Bonchev–Trinajstić information content (AvgIpc) is 2.20. The number of carbonyl (C=O) groups excluding carboxylic acids is 1. The van der Waals surface area contributed by atoms with E-state index >= 15 is 0 Å². The first-order valence-electron chi connectivity index (χ1n) is 4.44. The molecule has 0 aromatic carbocycles. The van der Waals surface area contributed by atoms with Gasteiger partial charge in [-0.25, -0.2) is 0 Å². The third-order valence-electron chi connectivity index (χ3n) is 2.10. The van der Waals surface area contributed by atoms with E-state index in [2.05, 4.69) is 4.74 Å². The topological polar surface area (TPSA) is 81.8 Å². The normalized spacial score (nSPS) is 31.5. The number of carbonyl (C=O) groups is 1. The number of methoxy groups -OCH3 is 1. The Morgan fingerprint density at radius 3 is 2.93 bits per heavy atom. The van der Waals surface area contributed by atoms with E-state index in [0.29, 0.717) is 0 Å². The van der Waals surface area contributed by atoms with E-state index in [0.717, 1.165) is 0 Å². The average molecular weight is 201 g/mol. The maximum absolute atomic E-state index is 10.9. The molecule has 80 valence electrons. The van der Waals surface area contributed by atoms with Crippen LogP contribution in [0.5, 0.6) is 0 Å². The van der Waals surface area contributed by atoms with Crippen molar-refractivity contribution in [2.45, 2.75) is 24.7 Å². The van der Waals surface area contributed by atoms with Crippen LogP contribution in [0.1, 0.15) is 6.42 Å². The van der Waals surface area contributed by atoms with Crippen LogP contribution in [0.3, 0.4) is 0 Å². The van der Waals surface area contributed by atoms with Gasteiger partial charge in [-0.1, -0.05) is 12.2 Å². The lowest BCUT2D eigenvalue weighted by Crippen LogP contribution is -2.43. The summed E-state index contributed by atoms with van der Waals surface area (Å²) < 4.78 is 9.86.